The first-order chi connectivity index (χ1) is 12.9. The number of para-hydroxylation sites is 2. The maximum absolute atomic E-state index is 11.7. The number of ether oxygens (including phenoxy) is 1. The van der Waals surface area contributed by atoms with Gasteiger partial charge in [0, 0.05) is 12.3 Å². The summed E-state index contributed by atoms with van der Waals surface area (Å²) in [6.07, 6.45) is 1.18. The van der Waals surface area contributed by atoms with Crippen LogP contribution in [0.25, 0.3) is 16.7 Å². The van der Waals surface area contributed by atoms with E-state index in [4.69, 9.17) is 4.74 Å². The summed E-state index contributed by atoms with van der Waals surface area (Å²) in [5.41, 5.74) is 2.88. The fraction of sp³-hybridized carbons (Fsp3) is 0.0952. The molecule has 0 saturated carbocycles. The van der Waals surface area contributed by atoms with Gasteiger partial charge in [0.1, 0.15) is 17.3 Å². The first-order valence-corrected chi connectivity index (χ1v) is 10.3. The van der Waals surface area contributed by atoms with Crippen molar-refractivity contribution in [3.63, 3.8) is 0 Å². The lowest BCUT2D eigenvalue weighted by Crippen LogP contribution is -1.98. The molecule has 136 valence electrons. The van der Waals surface area contributed by atoms with Crippen molar-refractivity contribution in [3.05, 3.63) is 78.6 Å². The molecule has 0 spiro atoms. The Hall–Kier alpha value is -3.12. The summed E-state index contributed by atoms with van der Waals surface area (Å²) in [5.74, 6) is 1.98. The molecule has 0 atom stereocenters. The number of benzene rings is 3. The number of rotatable bonds is 4. The van der Waals surface area contributed by atoms with Crippen molar-refractivity contribution in [3.8, 4) is 17.2 Å². The summed E-state index contributed by atoms with van der Waals surface area (Å²) in [5, 5.41) is 0. The van der Waals surface area contributed by atoms with Crippen molar-refractivity contribution in [2.24, 2.45) is 0 Å². The molecule has 27 heavy (non-hydrogen) atoms. The monoisotopic (exact) mass is 378 g/mol. The van der Waals surface area contributed by atoms with E-state index in [1.54, 1.807) is 18.2 Å². The normalized spacial score (nSPS) is 11.6. The number of fused-ring (bicyclic) bond motifs is 1. The predicted octanol–water partition coefficient (Wildman–Crippen LogP) is 4.53. The van der Waals surface area contributed by atoms with Crippen molar-refractivity contribution < 1.29 is 13.2 Å². The summed E-state index contributed by atoms with van der Waals surface area (Å²) in [7, 11) is -3.28. The number of aromatic nitrogens is 2. The third-order valence-corrected chi connectivity index (χ3v) is 5.38. The van der Waals surface area contributed by atoms with Gasteiger partial charge in [-0.15, -0.1) is 0 Å². The summed E-state index contributed by atoms with van der Waals surface area (Å²) in [4.78, 5) is 4.83. The van der Waals surface area contributed by atoms with Crippen LogP contribution in [0.4, 0.5) is 0 Å². The number of imidazole rings is 1. The fourth-order valence-electron chi connectivity index (χ4n) is 3.06. The molecule has 4 rings (SSSR count). The Kier molecular flexibility index (Phi) is 4.20. The summed E-state index contributed by atoms with van der Waals surface area (Å²) >= 11 is 0. The smallest absolute Gasteiger partial charge is 0.175 e. The average molecular weight is 378 g/mol. The third-order valence-electron chi connectivity index (χ3n) is 4.27. The molecule has 1 heterocycles. The van der Waals surface area contributed by atoms with Crippen LogP contribution >= 0.6 is 0 Å². The Morgan fingerprint density at radius 2 is 1.59 bits per heavy atom. The van der Waals surface area contributed by atoms with Gasteiger partial charge in [-0.3, -0.25) is 4.57 Å². The summed E-state index contributed by atoms with van der Waals surface area (Å²) < 4.78 is 31.5. The zero-order valence-electron chi connectivity index (χ0n) is 15.0. The zero-order valence-corrected chi connectivity index (χ0v) is 15.8. The Morgan fingerprint density at radius 1 is 0.889 bits per heavy atom. The second kappa shape index (κ2) is 6.55. The molecule has 0 bridgehead atoms. The van der Waals surface area contributed by atoms with E-state index in [1.807, 2.05) is 55.5 Å². The molecular formula is C21H18N2O3S. The Morgan fingerprint density at radius 3 is 2.37 bits per heavy atom. The van der Waals surface area contributed by atoms with Gasteiger partial charge in [-0.25, -0.2) is 13.4 Å². The lowest BCUT2D eigenvalue weighted by atomic mass is 10.2. The Labute approximate surface area is 157 Å². The van der Waals surface area contributed by atoms with Gasteiger partial charge in [0.15, 0.2) is 9.84 Å². The van der Waals surface area contributed by atoms with Crippen LogP contribution in [0.15, 0.2) is 77.7 Å². The highest BCUT2D eigenvalue weighted by molar-refractivity contribution is 7.90. The van der Waals surface area contributed by atoms with E-state index in [9.17, 15) is 8.42 Å². The number of nitrogens with zero attached hydrogens (tertiary/aromatic N) is 2. The number of hydrogen-bond acceptors (Lipinski definition) is 4. The summed E-state index contributed by atoms with van der Waals surface area (Å²) in [6.45, 7) is 1.96. The van der Waals surface area contributed by atoms with Crippen LogP contribution in [0, 0.1) is 6.92 Å². The molecule has 5 nitrogen and oxygen atoms in total. The van der Waals surface area contributed by atoms with Gasteiger partial charge in [-0.05, 0) is 49.4 Å². The lowest BCUT2D eigenvalue weighted by Gasteiger charge is -2.11. The number of aryl methyl sites for hydroxylation is 1. The molecule has 6 heteroatoms. The van der Waals surface area contributed by atoms with Crippen molar-refractivity contribution in [1.29, 1.82) is 0 Å². The SMILES string of the molecule is Cc1nc2ccccc2n1-c1cccc(Oc2cccc(S(C)(=O)=O)c2)c1. The van der Waals surface area contributed by atoms with Crippen LogP contribution in [0.2, 0.25) is 0 Å². The molecule has 0 fully saturated rings. The van der Waals surface area contributed by atoms with E-state index in [0.717, 1.165) is 22.5 Å². The molecule has 0 saturated heterocycles. The first kappa shape index (κ1) is 17.3. The van der Waals surface area contributed by atoms with Gasteiger partial charge in [-0.1, -0.05) is 24.3 Å². The molecule has 3 aromatic carbocycles. The van der Waals surface area contributed by atoms with Crippen LogP contribution in [0.1, 0.15) is 5.82 Å². The fourth-order valence-corrected chi connectivity index (χ4v) is 3.72. The van der Waals surface area contributed by atoms with Crippen LogP contribution in [-0.2, 0) is 9.84 Å². The average Bonchev–Trinajstić information content (AvgIpc) is 2.97. The van der Waals surface area contributed by atoms with E-state index < -0.39 is 9.84 Å². The van der Waals surface area contributed by atoms with Gasteiger partial charge in [0.2, 0.25) is 0 Å². The lowest BCUT2D eigenvalue weighted by molar-refractivity contribution is 0.480. The zero-order chi connectivity index (χ0) is 19.0. The quantitative estimate of drug-likeness (QED) is 0.523. The van der Waals surface area contributed by atoms with Gasteiger partial charge < -0.3 is 4.74 Å². The number of hydrogen-bond donors (Lipinski definition) is 0. The van der Waals surface area contributed by atoms with Gasteiger partial charge >= 0.3 is 0 Å². The highest BCUT2D eigenvalue weighted by atomic mass is 32.2. The number of sulfone groups is 1. The van der Waals surface area contributed by atoms with Crippen LogP contribution in [-0.4, -0.2) is 24.2 Å². The predicted molar refractivity (Wildman–Crippen MR) is 105 cm³/mol. The molecule has 4 aromatic rings. The van der Waals surface area contributed by atoms with E-state index >= 15 is 0 Å². The minimum absolute atomic E-state index is 0.229. The molecule has 0 unspecified atom stereocenters. The maximum atomic E-state index is 11.7. The Balaban J connectivity index is 1.72. The van der Waals surface area contributed by atoms with Crippen molar-refractivity contribution in [2.45, 2.75) is 11.8 Å². The van der Waals surface area contributed by atoms with Gasteiger partial charge in [0.05, 0.1) is 21.6 Å². The largest absolute Gasteiger partial charge is 0.457 e. The van der Waals surface area contributed by atoms with Crippen molar-refractivity contribution >= 4 is 20.9 Å². The molecule has 1 aromatic heterocycles. The molecular weight excluding hydrogens is 360 g/mol. The summed E-state index contributed by atoms with van der Waals surface area (Å²) in [6, 6.07) is 22.1. The van der Waals surface area contributed by atoms with Crippen molar-refractivity contribution in [2.75, 3.05) is 6.26 Å². The molecule has 0 N–H and O–H groups in total. The molecule has 0 aliphatic heterocycles. The second-order valence-corrected chi connectivity index (χ2v) is 8.35. The van der Waals surface area contributed by atoms with E-state index in [-0.39, 0.29) is 4.90 Å². The standard InChI is InChI=1S/C21H18N2O3S/c1-15-22-20-11-3-4-12-21(20)23(15)16-7-5-8-17(13-16)26-18-9-6-10-19(14-18)27(2,24)25/h3-14H,1-2H3. The van der Waals surface area contributed by atoms with Crippen LogP contribution in [0.3, 0.4) is 0 Å². The van der Waals surface area contributed by atoms with E-state index in [1.165, 1.54) is 12.3 Å². The highest BCUT2D eigenvalue weighted by Crippen LogP contribution is 2.28. The molecule has 0 radical (unpaired) electrons. The minimum Gasteiger partial charge on any atom is -0.457 e. The minimum atomic E-state index is -3.28. The maximum Gasteiger partial charge on any atom is 0.175 e. The van der Waals surface area contributed by atoms with Crippen LogP contribution in [0.5, 0.6) is 11.5 Å². The molecule has 0 aliphatic rings. The molecule has 0 aliphatic carbocycles. The topological polar surface area (TPSA) is 61.2 Å². The van der Waals surface area contributed by atoms with Gasteiger partial charge in [0.25, 0.3) is 0 Å². The van der Waals surface area contributed by atoms with Gasteiger partial charge in [-0.2, -0.15) is 0 Å². The van der Waals surface area contributed by atoms with Crippen molar-refractivity contribution in [1.82, 2.24) is 9.55 Å². The highest BCUT2D eigenvalue weighted by Gasteiger charge is 2.11. The molecule has 0 amide bonds. The van der Waals surface area contributed by atoms with E-state index in [0.29, 0.717) is 11.5 Å². The van der Waals surface area contributed by atoms with Crippen LogP contribution < -0.4 is 4.74 Å². The third kappa shape index (κ3) is 3.44. The van der Waals surface area contributed by atoms with E-state index in [2.05, 4.69) is 9.55 Å². The first-order valence-electron chi connectivity index (χ1n) is 8.44. The Bertz CT molecular complexity index is 1240. The second-order valence-electron chi connectivity index (χ2n) is 6.33.